The van der Waals surface area contributed by atoms with Gasteiger partial charge >= 0.3 is 11.9 Å². The fourth-order valence-electron chi connectivity index (χ4n) is 1.50. The third-order valence-electron chi connectivity index (χ3n) is 3.00. The van der Waals surface area contributed by atoms with Crippen LogP contribution in [-0.2, 0) is 19.1 Å². The lowest BCUT2D eigenvalue weighted by Crippen LogP contribution is -2.10. The first-order valence-electron chi connectivity index (χ1n) is 8.02. The highest BCUT2D eigenvalue weighted by atomic mass is 16.5. The standard InChI is InChI=1S/C17H30N2O4/c1-5-19(4)13-11-17(21)23-15-9-7-6-8-14-22-16(20)10-12-18(2)3/h10-13H,5-9,14-15H2,1-4H3/b12-10+,13-11+. The SMILES string of the molecule is CCN(C)/C=C/C(=O)OCCCCCCOC(=O)/C=C/N(C)C. The normalized spacial score (nSPS) is 11.0. The average molecular weight is 326 g/mol. The molecule has 0 unspecified atom stereocenters. The van der Waals surface area contributed by atoms with Crippen molar-refractivity contribution in [2.75, 3.05) is 40.9 Å². The molecule has 0 bridgehead atoms. The van der Waals surface area contributed by atoms with Gasteiger partial charge in [-0.15, -0.1) is 0 Å². The molecule has 0 amide bonds. The Labute approximate surface area is 139 Å². The number of carbonyl (C=O) groups excluding carboxylic acids is 2. The van der Waals surface area contributed by atoms with Crippen molar-refractivity contribution in [1.29, 1.82) is 0 Å². The molecule has 132 valence electrons. The second-order valence-corrected chi connectivity index (χ2v) is 5.42. The van der Waals surface area contributed by atoms with Crippen LogP contribution < -0.4 is 0 Å². The molecule has 6 nitrogen and oxygen atoms in total. The van der Waals surface area contributed by atoms with Crippen LogP contribution in [0.3, 0.4) is 0 Å². The van der Waals surface area contributed by atoms with E-state index in [1.807, 2.05) is 33.0 Å². The van der Waals surface area contributed by atoms with Gasteiger partial charge in [0.2, 0.25) is 0 Å². The van der Waals surface area contributed by atoms with Crippen molar-refractivity contribution in [2.45, 2.75) is 32.6 Å². The van der Waals surface area contributed by atoms with E-state index in [2.05, 4.69) is 0 Å². The molecule has 0 radical (unpaired) electrons. The van der Waals surface area contributed by atoms with Crippen LogP contribution in [0.25, 0.3) is 0 Å². The van der Waals surface area contributed by atoms with E-state index >= 15 is 0 Å². The highest BCUT2D eigenvalue weighted by molar-refractivity contribution is 5.82. The number of rotatable bonds is 12. The van der Waals surface area contributed by atoms with Gasteiger partial charge in [-0.2, -0.15) is 0 Å². The molecule has 0 aliphatic heterocycles. The quantitative estimate of drug-likeness (QED) is 0.311. The highest BCUT2D eigenvalue weighted by Crippen LogP contribution is 2.01. The van der Waals surface area contributed by atoms with Crippen molar-refractivity contribution in [3.8, 4) is 0 Å². The summed E-state index contributed by atoms with van der Waals surface area (Å²) < 4.78 is 10.1. The molecule has 0 saturated heterocycles. The summed E-state index contributed by atoms with van der Waals surface area (Å²) in [5.41, 5.74) is 0. The summed E-state index contributed by atoms with van der Waals surface area (Å²) in [6.45, 7) is 3.69. The summed E-state index contributed by atoms with van der Waals surface area (Å²) in [5.74, 6) is -0.636. The van der Waals surface area contributed by atoms with Crippen LogP contribution in [0.5, 0.6) is 0 Å². The van der Waals surface area contributed by atoms with Crippen LogP contribution in [0.2, 0.25) is 0 Å². The Hall–Kier alpha value is -1.98. The van der Waals surface area contributed by atoms with Crippen LogP contribution in [-0.4, -0.2) is 62.6 Å². The molecule has 0 atom stereocenters. The summed E-state index contributed by atoms with van der Waals surface area (Å²) in [5, 5.41) is 0. The van der Waals surface area contributed by atoms with Crippen molar-refractivity contribution in [3.05, 3.63) is 24.6 Å². The van der Waals surface area contributed by atoms with E-state index in [0.29, 0.717) is 13.2 Å². The van der Waals surface area contributed by atoms with Crippen molar-refractivity contribution in [2.24, 2.45) is 0 Å². The van der Waals surface area contributed by atoms with Crippen molar-refractivity contribution < 1.29 is 19.1 Å². The average Bonchev–Trinajstić information content (AvgIpc) is 2.52. The van der Waals surface area contributed by atoms with Gasteiger partial charge in [0.15, 0.2) is 0 Å². The van der Waals surface area contributed by atoms with Gasteiger partial charge < -0.3 is 19.3 Å². The Bertz CT molecular complexity index is 392. The Kier molecular flexibility index (Phi) is 12.5. The molecule has 0 saturated carbocycles. The molecule has 0 aromatic rings. The van der Waals surface area contributed by atoms with Crippen LogP contribution in [0, 0.1) is 0 Å². The van der Waals surface area contributed by atoms with Crippen molar-refractivity contribution in [3.63, 3.8) is 0 Å². The van der Waals surface area contributed by atoms with Gasteiger partial charge in [0, 0.05) is 52.2 Å². The van der Waals surface area contributed by atoms with Gasteiger partial charge in [-0.3, -0.25) is 0 Å². The van der Waals surface area contributed by atoms with E-state index in [1.54, 1.807) is 17.3 Å². The molecule has 0 aliphatic carbocycles. The predicted molar refractivity (Wildman–Crippen MR) is 90.7 cm³/mol. The molecule has 0 spiro atoms. The zero-order valence-electron chi connectivity index (χ0n) is 14.8. The highest BCUT2D eigenvalue weighted by Gasteiger charge is 1.99. The number of ether oxygens (including phenoxy) is 2. The maximum atomic E-state index is 11.4. The molecule has 0 aliphatic rings. The lowest BCUT2D eigenvalue weighted by atomic mass is 10.2. The second-order valence-electron chi connectivity index (χ2n) is 5.42. The molecule has 6 heteroatoms. The fraction of sp³-hybridized carbons (Fsp3) is 0.647. The Morgan fingerprint density at radius 2 is 1.30 bits per heavy atom. The summed E-state index contributed by atoms with van der Waals surface area (Å²) in [6, 6.07) is 0. The number of hydrogen-bond donors (Lipinski definition) is 0. The third kappa shape index (κ3) is 14.7. The van der Waals surface area contributed by atoms with Gasteiger partial charge in [0.05, 0.1) is 13.2 Å². The molecular formula is C17H30N2O4. The molecule has 0 aromatic heterocycles. The van der Waals surface area contributed by atoms with E-state index in [4.69, 9.17) is 9.47 Å². The van der Waals surface area contributed by atoms with Gasteiger partial charge in [0.1, 0.15) is 0 Å². The number of carbonyl (C=O) groups is 2. The van der Waals surface area contributed by atoms with E-state index in [0.717, 1.165) is 32.2 Å². The molecule has 0 aromatic carbocycles. The second kappa shape index (κ2) is 13.7. The minimum absolute atomic E-state index is 0.313. The van der Waals surface area contributed by atoms with Gasteiger partial charge in [-0.05, 0) is 32.6 Å². The van der Waals surface area contributed by atoms with E-state index < -0.39 is 0 Å². The molecule has 23 heavy (non-hydrogen) atoms. The zero-order chi connectivity index (χ0) is 17.5. The molecule has 0 fully saturated rings. The van der Waals surface area contributed by atoms with Crippen molar-refractivity contribution in [1.82, 2.24) is 9.80 Å². The van der Waals surface area contributed by atoms with Crippen LogP contribution in [0.1, 0.15) is 32.6 Å². The topological polar surface area (TPSA) is 59.1 Å². The lowest BCUT2D eigenvalue weighted by Gasteiger charge is -2.08. The van der Waals surface area contributed by atoms with Gasteiger partial charge in [0.25, 0.3) is 0 Å². The van der Waals surface area contributed by atoms with E-state index in [-0.39, 0.29) is 11.9 Å². The maximum absolute atomic E-state index is 11.4. The number of hydrogen-bond acceptors (Lipinski definition) is 6. The first-order valence-corrected chi connectivity index (χ1v) is 8.02. The molecule has 0 heterocycles. The first-order chi connectivity index (χ1) is 11.0. The maximum Gasteiger partial charge on any atom is 0.332 e. The zero-order valence-corrected chi connectivity index (χ0v) is 14.8. The van der Waals surface area contributed by atoms with Crippen LogP contribution in [0.4, 0.5) is 0 Å². The first kappa shape index (κ1) is 21.0. The molecule has 0 N–H and O–H groups in total. The molecule has 0 rings (SSSR count). The minimum atomic E-state index is -0.323. The van der Waals surface area contributed by atoms with Crippen LogP contribution in [0.15, 0.2) is 24.6 Å². The Balaban J connectivity index is 3.48. The number of unbranched alkanes of at least 4 members (excludes halogenated alkanes) is 3. The Morgan fingerprint density at radius 3 is 1.74 bits per heavy atom. The number of esters is 2. The lowest BCUT2D eigenvalue weighted by molar-refractivity contribution is -0.139. The van der Waals surface area contributed by atoms with Gasteiger partial charge in [-0.1, -0.05) is 0 Å². The monoisotopic (exact) mass is 326 g/mol. The largest absolute Gasteiger partial charge is 0.462 e. The minimum Gasteiger partial charge on any atom is -0.462 e. The molecular weight excluding hydrogens is 296 g/mol. The third-order valence-corrected chi connectivity index (χ3v) is 3.00. The fourth-order valence-corrected chi connectivity index (χ4v) is 1.50. The van der Waals surface area contributed by atoms with E-state index in [9.17, 15) is 9.59 Å². The predicted octanol–water partition coefficient (Wildman–Crippen LogP) is 2.17. The summed E-state index contributed by atoms with van der Waals surface area (Å²) in [6.07, 6.45) is 9.72. The number of nitrogens with zero attached hydrogens (tertiary/aromatic N) is 2. The summed E-state index contributed by atoms with van der Waals surface area (Å²) >= 11 is 0. The van der Waals surface area contributed by atoms with Gasteiger partial charge in [-0.25, -0.2) is 9.59 Å². The van der Waals surface area contributed by atoms with Crippen LogP contribution >= 0.6 is 0 Å². The summed E-state index contributed by atoms with van der Waals surface area (Å²) in [7, 11) is 5.58. The van der Waals surface area contributed by atoms with Crippen molar-refractivity contribution >= 4 is 11.9 Å². The summed E-state index contributed by atoms with van der Waals surface area (Å²) in [4.78, 5) is 26.3. The Morgan fingerprint density at radius 1 is 0.826 bits per heavy atom. The smallest absolute Gasteiger partial charge is 0.332 e. The van der Waals surface area contributed by atoms with E-state index in [1.165, 1.54) is 12.2 Å².